The van der Waals surface area contributed by atoms with E-state index in [1.807, 2.05) is 0 Å². The van der Waals surface area contributed by atoms with Crippen LogP contribution in [0.25, 0.3) is 11.2 Å². The van der Waals surface area contributed by atoms with Crippen LogP contribution in [0.2, 0.25) is 0 Å². The smallest absolute Gasteiger partial charge is 0.329 e. The van der Waals surface area contributed by atoms with Crippen LogP contribution in [-0.2, 0) is 18.8 Å². The molecule has 2 saturated carbocycles. The maximum atomic E-state index is 12.2. The zero-order valence-corrected chi connectivity index (χ0v) is 15.5. The number of aromatic amines is 1. The van der Waals surface area contributed by atoms with Crippen molar-refractivity contribution < 1.29 is 4.74 Å². The van der Waals surface area contributed by atoms with Gasteiger partial charge in [0.2, 0.25) is 5.95 Å². The summed E-state index contributed by atoms with van der Waals surface area (Å²) in [6, 6.07) is 0.177. The molecule has 2 aliphatic carbocycles. The van der Waals surface area contributed by atoms with Crippen molar-refractivity contribution in [3.63, 3.8) is 0 Å². The Bertz CT molecular complexity index is 906. The number of hydrogen-bond donors (Lipinski definition) is 2. The van der Waals surface area contributed by atoms with Gasteiger partial charge in [0.05, 0.1) is 18.2 Å². The number of anilines is 1. The van der Waals surface area contributed by atoms with Crippen LogP contribution in [0.1, 0.15) is 51.4 Å². The van der Waals surface area contributed by atoms with E-state index in [1.54, 1.807) is 18.7 Å². The Morgan fingerprint density at radius 1 is 1.04 bits per heavy atom. The molecule has 2 aromatic rings. The van der Waals surface area contributed by atoms with Crippen molar-refractivity contribution in [1.29, 1.82) is 0 Å². The number of hydrogen-bond acceptors (Lipinski definition) is 5. The molecule has 4 rings (SSSR count). The normalized spacial score (nSPS) is 24.4. The molecule has 2 aliphatic rings. The van der Waals surface area contributed by atoms with E-state index in [4.69, 9.17) is 4.74 Å². The fourth-order valence-corrected chi connectivity index (χ4v) is 4.30. The highest BCUT2D eigenvalue weighted by atomic mass is 16.5. The fraction of sp³-hybridized carbons (Fsp3) is 0.722. The van der Waals surface area contributed by atoms with Gasteiger partial charge in [-0.25, -0.2) is 4.79 Å². The topological polar surface area (TPSA) is 93.9 Å². The first-order valence-electron chi connectivity index (χ1n) is 9.62. The van der Waals surface area contributed by atoms with Gasteiger partial charge in [-0.3, -0.25) is 14.3 Å². The average Bonchev–Trinajstić information content (AvgIpc) is 3.23. The molecule has 2 heterocycles. The van der Waals surface area contributed by atoms with Crippen molar-refractivity contribution in [2.24, 2.45) is 14.1 Å². The Morgan fingerprint density at radius 3 is 2.50 bits per heavy atom. The van der Waals surface area contributed by atoms with Gasteiger partial charge < -0.3 is 14.6 Å². The molecule has 0 spiro atoms. The third-order valence-electron chi connectivity index (χ3n) is 5.82. The zero-order chi connectivity index (χ0) is 18.3. The Hall–Kier alpha value is -2.09. The van der Waals surface area contributed by atoms with Gasteiger partial charge in [-0.15, -0.1) is 0 Å². The highest BCUT2D eigenvalue weighted by molar-refractivity contribution is 5.73. The van der Waals surface area contributed by atoms with Gasteiger partial charge in [-0.1, -0.05) is 25.7 Å². The molecule has 0 amide bonds. The number of aryl methyl sites for hydroxylation is 2. The van der Waals surface area contributed by atoms with Crippen molar-refractivity contribution in [3.8, 4) is 0 Å². The van der Waals surface area contributed by atoms with Gasteiger partial charge in [-0.2, -0.15) is 4.98 Å². The van der Waals surface area contributed by atoms with Crippen molar-refractivity contribution in [1.82, 2.24) is 19.1 Å². The summed E-state index contributed by atoms with van der Waals surface area (Å²) < 4.78 is 9.50. The van der Waals surface area contributed by atoms with E-state index in [1.165, 1.54) is 23.8 Å². The van der Waals surface area contributed by atoms with Crippen molar-refractivity contribution in [2.75, 3.05) is 5.32 Å². The van der Waals surface area contributed by atoms with Gasteiger partial charge in [0.1, 0.15) is 0 Å². The summed E-state index contributed by atoms with van der Waals surface area (Å²) in [4.78, 5) is 30.9. The standard InChI is InChI=1S/C18H27N5O3/c1-22-14-15(23(2)18(25)21-16(14)24)20-17(22)19-12-9-5-6-10-13(12)26-11-7-3-4-8-11/h11-13H,3-10H2,1-2H3,(H,19,20)(H,21,24,25)/t12-,13+/m1/s1. The second kappa shape index (κ2) is 6.90. The Kier molecular flexibility index (Phi) is 4.60. The lowest BCUT2D eigenvalue weighted by molar-refractivity contribution is -0.0323. The van der Waals surface area contributed by atoms with Crippen LogP contribution in [0.3, 0.4) is 0 Å². The van der Waals surface area contributed by atoms with Gasteiger partial charge in [0.15, 0.2) is 11.2 Å². The van der Waals surface area contributed by atoms with Gasteiger partial charge in [0, 0.05) is 14.1 Å². The molecule has 2 aromatic heterocycles. The van der Waals surface area contributed by atoms with E-state index in [0.717, 1.165) is 32.1 Å². The number of rotatable bonds is 4. The number of nitrogens with one attached hydrogen (secondary N) is 2. The van der Waals surface area contributed by atoms with Crippen molar-refractivity contribution in [3.05, 3.63) is 20.8 Å². The molecule has 0 aromatic carbocycles. The lowest BCUT2D eigenvalue weighted by Crippen LogP contribution is -2.40. The molecule has 0 unspecified atom stereocenters. The number of nitrogens with zero attached hydrogens (tertiary/aromatic N) is 3. The molecular formula is C18H27N5O3. The van der Waals surface area contributed by atoms with Crippen LogP contribution < -0.4 is 16.6 Å². The van der Waals surface area contributed by atoms with Crippen LogP contribution in [0.5, 0.6) is 0 Å². The van der Waals surface area contributed by atoms with Crippen LogP contribution in [0.15, 0.2) is 9.59 Å². The van der Waals surface area contributed by atoms with E-state index in [-0.39, 0.29) is 12.1 Å². The minimum Gasteiger partial charge on any atom is -0.373 e. The highest BCUT2D eigenvalue weighted by Gasteiger charge is 2.30. The number of H-pyrrole nitrogens is 1. The molecule has 142 valence electrons. The predicted octanol–water partition coefficient (Wildman–Crippen LogP) is 1.64. The predicted molar refractivity (Wildman–Crippen MR) is 99.6 cm³/mol. The van der Waals surface area contributed by atoms with E-state index in [0.29, 0.717) is 23.2 Å². The summed E-state index contributed by atoms with van der Waals surface area (Å²) in [7, 11) is 3.41. The van der Waals surface area contributed by atoms with E-state index in [2.05, 4.69) is 15.3 Å². The molecule has 0 aliphatic heterocycles. The van der Waals surface area contributed by atoms with Crippen molar-refractivity contribution in [2.45, 2.75) is 69.6 Å². The molecular weight excluding hydrogens is 334 g/mol. The summed E-state index contributed by atoms with van der Waals surface area (Å²) in [5, 5.41) is 3.50. The molecule has 2 fully saturated rings. The van der Waals surface area contributed by atoms with E-state index < -0.39 is 11.2 Å². The highest BCUT2D eigenvalue weighted by Crippen LogP contribution is 2.30. The molecule has 0 saturated heterocycles. The Morgan fingerprint density at radius 2 is 1.73 bits per heavy atom. The van der Waals surface area contributed by atoms with E-state index in [9.17, 15) is 9.59 Å². The van der Waals surface area contributed by atoms with Gasteiger partial charge in [-0.05, 0) is 25.7 Å². The molecule has 8 heteroatoms. The molecule has 8 nitrogen and oxygen atoms in total. The average molecular weight is 361 g/mol. The monoisotopic (exact) mass is 361 g/mol. The Balaban J connectivity index is 1.61. The summed E-state index contributed by atoms with van der Waals surface area (Å²) in [6.07, 6.45) is 9.82. The first-order valence-corrected chi connectivity index (χ1v) is 9.62. The maximum Gasteiger partial charge on any atom is 0.329 e. The lowest BCUT2D eigenvalue weighted by Gasteiger charge is -2.34. The van der Waals surface area contributed by atoms with Crippen LogP contribution >= 0.6 is 0 Å². The second-order valence-electron chi connectivity index (χ2n) is 7.60. The first-order chi connectivity index (χ1) is 12.5. The minimum atomic E-state index is -0.452. The number of aromatic nitrogens is 4. The lowest BCUT2D eigenvalue weighted by atomic mass is 9.92. The van der Waals surface area contributed by atoms with Gasteiger partial charge >= 0.3 is 5.69 Å². The number of fused-ring (bicyclic) bond motifs is 1. The van der Waals surface area contributed by atoms with Crippen LogP contribution in [-0.4, -0.2) is 37.4 Å². The third kappa shape index (κ3) is 3.06. The third-order valence-corrected chi connectivity index (χ3v) is 5.82. The van der Waals surface area contributed by atoms with Crippen molar-refractivity contribution >= 4 is 17.1 Å². The summed E-state index contributed by atoms with van der Waals surface area (Å²) >= 11 is 0. The zero-order valence-electron chi connectivity index (χ0n) is 15.5. The molecule has 0 radical (unpaired) electrons. The number of imidazole rings is 1. The number of ether oxygens (including phenoxy) is 1. The summed E-state index contributed by atoms with van der Waals surface area (Å²) in [6.45, 7) is 0. The fourth-order valence-electron chi connectivity index (χ4n) is 4.30. The SMILES string of the molecule is Cn1c(N[C@@H]2CCCC[C@@H]2OC2CCCC2)nc2c1c(=O)[nH]c(=O)n2C. The molecule has 0 bridgehead atoms. The summed E-state index contributed by atoms with van der Waals surface area (Å²) in [5.41, 5.74) is -0.0627. The minimum absolute atomic E-state index is 0.175. The molecule has 2 N–H and O–H groups in total. The van der Waals surface area contributed by atoms with Crippen LogP contribution in [0, 0.1) is 0 Å². The second-order valence-corrected chi connectivity index (χ2v) is 7.60. The summed E-state index contributed by atoms with van der Waals surface area (Å²) in [5.74, 6) is 0.610. The molecule has 2 atom stereocenters. The molecule has 26 heavy (non-hydrogen) atoms. The first kappa shape index (κ1) is 17.3. The largest absolute Gasteiger partial charge is 0.373 e. The van der Waals surface area contributed by atoms with E-state index >= 15 is 0 Å². The van der Waals surface area contributed by atoms with Gasteiger partial charge in [0.25, 0.3) is 5.56 Å². The van der Waals surface area contributed by atoms with Crippen LogP contribution in [0.4, 0.5) is 5.95 Å². The Labute approximate surface area is 151 Å². The maximum absolute atomic E-state index is 12.2. The quantitative estimate of drug-likeness (QED) is 0.863.